The number of aryl methyl sites for hydroxylation is 1. The summed E-state index contributed by atoms with van der Waals surface area (Å²) in [6.07, 6.45) is 8.35. The summed E-state index contributed by atoms with van der Waals surface area (Å²) in [6, 6.07) is 6.22. The molecule has 0 atom stereocenters. The molecule has 2 rings (SSSR count). The number of rotatable bonds is 2. The molecule has 0 fully saturated rings. The van der Waals surface area contributed by atoms with Crippen LogP contribution in [0.3, 0.4) is 0 Å². The van der Waals surface area contributed by atoms with Crippen molar-refractivity contribution in [2.75, 3.05) is 0 Å². The largest absolute Gasteiger partial charge is 0.265 e. The molecule has 2 aromatic heterocycles. The second-order valence-corrected chi connectivity index (χ2v) is 3.40. The number of aromatic nitrogens is 2. The molecule has 0 bridgehead atoms. The van der Waals surface area contributed by atoms with Gasteiger partial charge in [-0.3, -0.25) is 9.97 Å². The summed E-state index contributed by atoms with van der Waals surface area (Å²) in [5.74, 6) is 0. The van der Waals surface area contributed by atoms with E-state index in [1.807, 2.05) is 36.9 Å². The van der Waals surface area contributed by atoms with Crippen molar-refractivity contribution >= 4 is 0 Å². The molecule has 0 saturated carbocycles. The van der Waals surface area contributed by atoms with Crippen LogP contribution in [0.2, 0.25) is 0 Å². The molecule has 0 spiro atoms. The second kappa shape index (κ2) is 4.01. The smallest absolute Gasteiger partial charge is 0.0303 e. The highest BCUT2D eigenvalue weighted by Gasteiger charge is 1.96. The van der Waals surface area contributed by atoms with Crippen molar-refractivity contribution in [3.8, 4) is 0 Å². The van der Waals surface area contributed by atoms with Crippen LogP contribution < -0.4 is 0 Å². The van der Waals surface area contributed by atoms with Crippen LogP contribution in [0.25, 0.3) is 0 Å². The number of pyridine rings is 2. The van der Waals surface area contributed by atoms with E-state index >= 15 is 0 Å². The van der Waals surface area contributed by atoms with E-state index in [1.54, 1.807) is 0 Å². The van der Waals surface area contributed by atoms with Crippen LogP contribution in [0.15, 0.2) is 43.0 Å². The van der Waals surface area contributed by atoms with Crippen molar-refractivity contribution in [1.29, 1.82) is 0 Å². The average molecular weight is 184 g/mol. The Hall–Kier alpha value is -1.70. The summed E-state index contributed by atoms with van der Waals surface area (Å²) < 4.78 is 0. The average Bonchev–Trinajstić information content (AvgIpc) is 2.19. The molecule has 0 N–H and O–H groups in total. The fourth-order valence-corrected chi connectivity index (χ4v) is 1.45. The Balaban J connectivity index is 2.19. The molecular formula is C12H12N2. The van der Waals surface area contributed by atoms with Gasteiger partial charge in [-0.25, -0.2) is 0 Å². The molecule has 70 valence electrons. The summed E-state index contributed by atoms with van der Waals surface area (Å²) in [5, 5.41) is 0. The van der Waals surface area contributed by atoms with Gasteiger partial charge in [-0.1, -0.05) is 6.07 Å². The molecule has 14 heavy (non-hydrogen) atoms. The molecule has 0 radical (unpaired) electrons. The quantitative estimate of drug-likeness (QED) is 0.716. The van der Waals surface area contributed by atoms with Crippen molar-refractivity contribution in [1.82, 2.24) is 9.97 Å². The summed E-state index contributed by atoms with van der Waals surface area (Å²) >= 11 is 0. The first kappa shape index (κ1) is 8.88. The van der Waals surface area contributed by atoms with Crippen LogP contribution in [0, 0.1) is 6.92 Å². The lowest BCUT2D eigenvalue weighted by molar-refractivity contribution is 1.11. The summed E-state index contributed by atoms with van der Waals surface area (Å²) in [4.78, 5) is 8.15. The third kappa shape index (κ3) is 2.16. The molecule has 2 heteroatoms. The van der Waals surface area contributed by atoms with Crippen molar-refractivity contribution in [2.45, 2.75) is 13.3 Å². The van der Waals surface area contributed by atoms with Gasteiger partial charge in [0.1, 0.15) is 0 Å². The molecule has 0 aliphatic carbocycles. The summed E-state index contributed by atoms with van der Waals surface area (Å²) in [6.45, 7) is 2.06. The van der Waals surface area contributed by atoms with Crippen molar-refractivity contribution < 1.29 is 0 Å². The standard InChI is InChI=1S/C12H12N2/c1-10-6-12(9-14-8-10)7-11-2-4-13-5-3-11/h2-6,8-9H,7H2,1H3. The predicted molar refractivity (Wildman–Crippen MR) is 56.0 cm³/mol. The van der Waals surface area contributed by atoms with E-state index in [0.29, 0.717) is 0 Å². The third-order valence-electron chi connectivity index (χ3n) is 2.09. The van der Waals surface area contributed by atoms with Crippen LogP contribution in [0.1, 0.15) is 16.7 Å². The highest BCUT2D eigenvalue weighted by atomic mass is 14.6. The second-order valence-electron chi connectivity index (χ2n) is 3.40. The van der Waals surface area contributed by atoms with Crippen molar-refractivity contribution in [3.05, 3.63) is 59.7 Å². The minimum atomic E-state index is 0.928. The molecule has 0 aliphatic rings. The van der Waals surface area contributed by atoms with Crippen molar-refractivity contribution in [3.63, 3.8) is 0 Å². The van der Waals surface area contributed by atoms with E-state index < -0.39 is 0 Å². The van der Waals surface area contributed by atoms with Gasteiger partial charge in [0.25, 0.3) is 0 Å². The molecule has 0 unspecified atom stereocenters. The van der Waals surface area contributed by atoms with Crippen LogP contribution >= 0.6 is 0 Å². The first-order valence-electron chi connectivity index (χ1n) is 4.64. The number of nitrogens with zero attached hydrogens (tertiary/aromatic N) is 2. The summed E-state index contributed by atoms with van der Waals surface area (Å²) in [5.41, 5.74) is 3.72. The maximum absolute atomic E-state index is 4.16. The molecule has 2 heterocycles. The highest BCUT2D eigenvalue weighted by Crippen LogP contribution is 2.08. The Labute approximate surface area is 83.7 Å². The minimum Gasteiger partial charge on any atom is -0.265 e. The fraction of sp³-hybridized carbons (Fsp3) is 0.167. The molecule has 0 aromatic carbocycles. The van der Waals surface area contributed by atoms with Crippen molar-refractivity contribution in [2.24, 2.45) is 0 Å². The van der Waals surface area contributed by atoms with Crippen LogP contribution in [0.5, 0.6) is 0 Å². The zero-order chi connectivity index (χ0) is 9.80. The Bertz CT molecular complexity index is 410. The van der Waals surface area contributed by atoms with E-state index in [0.717, 1.165) is 6.42 Å². The Morgan fingerprint density at radius 1 is 1.00 bits per heavy atom. The topological polar surface area (TPSA) is 25.8 Å². The molecular weight excluding hydrogens is 172 g/mol. The van der Waals surface area contributed by atoms with E-state index in [4.69, 9.17) is 0 Å². The van der Waals surface area contributed by atoms with Gasteiger partial charge >= 0.3 is 0 Å². The van der Waals surface area contributed by atoms with Gasteiger partial charge in [0.05, 0.1) is 0 Å². The van der Waals surface area contributed by atoms with E-state index in [9.17, 15) is 0 Å². The first-order valence-corrected chi connectivity index (χ1v) is 4.64. The maximum atomic E-state index is 4.16. The molecule has 0 saturated heterocycles. The van der Waals surface area contributed by atoms with E-state index in [2.05, 4.69) is 23.0 Å². The maximum Gasteiger partial charge on any atom is 0.0303 e. The lowest BCUT2D eigenvalue weighted by Crippen LogP contribution is -1.90. The molecule has 2 nitrogen and oxygen atoms in total. The lowest BCUT2D eigenvalue weighted by Gasteiger charge is -2.01. The Morgan fingerprint density at radius 2 is 1.79 bits per heavy atom. The van der Waals surface area contributed by atoms with Gasteiger partial charge in [-0.2, -0.15) is 0 Å². The van der Waals surface area contributed by atoms with Gasteiger partial charge in [-0.15, -0.1) is 0 Å². The zero-order valence-corrected chi connectivity index (χ0v) is 8.14. The predicted octanol–water partition coefficient (Wildman–Crippen LogP) is 2.38. The van der Waals surface area contributed by atoms with Crippen LogP contribution in [0.4, 0.5) is 0 Å². The SMILES string of the molecule is Cc1cncc(Cc2ccncc2)c1. The molecule has 2 aromatic rings. The van der Waals surface area contributed by atoms with Gasteiger partial charge < -0.3 is 0 Å². The van der Waals surface area contributed by atoms with E-state index in [-0.39, 0.29) is 0 Å². The number of hydrogen-bond donors (Lipinski definition) is 0. The minimum absolute atomic E-state index is 0.928. The highest BCUT2D eigenvalue weighted by molar-refractivity contribution is 5.24. The van der Waals surface area contributed by atoms with Crippen LogP contribution in [-0.4, -0.2) is 9.97 Å². The Morgan fingerprint density at radius 3 is 2.50 bits per heavy atom. The third-order valence-corrected chi connectivity index (χ3v) is 2.09. The lowest BCUT2D eigenvalue weighted by atomic mass is 10.1. The van der Waals surface area contributed by atoms with Gasteiger partial charge in [0, 0.05) is 24.8 Å². The molecule has 0 aliphatic heterocycles. The first-order chi connectivity index (χ1) is 6.84. The normalized spacial score (nSPS) is 10.1. The Kier molecular flexibility index (Phi) is 2.54. The van der Waals surface area contributed by atoms with Crippen LogP contribution in [-0.2, 0) is 6.42 Å². The monoisotopic (exact) mass is 184 g/mol. The van der Waals surface area contributed by atoms with Gasteiger partial charge in [0.15, 0.2) is 0 Å². The zero-order valence-electron chi connectivity index (χ0n) is 8.14. The number of hydrogen-bond acceptors (Lipinski definition) is 2. The fourth-order valence-electron chi connectivity index (χ4n) is 1.45. The van der Waals surface area contributed by atoms with Gasteiger partial charge in [-0.05, 0) is 42.2 Å². The molecule has 0 amide bonds. The van der Waals surface area contributed by atoms with Gasteiger partial charge in [0.2, 0.25) is 0 Å². The summed E-state index contributed by atoms with van der Waals surface area (Å²) in [7, 11) is 0. The van der Waals surface area contributed by atoms with E-state index in [1.165, 1.54) is 16.7 Å².